The molecule has 3 unspecified atom stereocenters. The smallest absolute Gasteiger partial charge is 0.208 e. The quantitative estimate of drug-likeness (QED) is 0.739. The lowest BCUT2D eigenvalue weighted by Gasteiger charge is -2.39. The second-order valence-corrected chi connectivity index (χ2v) is 4.54. The van der Waals surface area contributed by atoms with Gasteiger partial charge in [-0.05, 0) is 22.4 Å². The first-order chi connectivity index (χ1) is 8.43. The zero-order valence-corrected chi connectivity index (χ0v) is 9.24. The summed E-state index contributed by atoms with van der Waals surface area (Å²) in [5.74, 6) is 0.376. The summed E-state index contributed by atoms with van der Waals surface area (Å²) in [5, 5.41) is 2.54. The second-order valence-electron chi connectivity index (χ2n) is 4.54. The Morgan fingerprint density at radius 3 is 2.76 bits per heavy atom. The zero-order chi connectivity index (χ0) is 11.2. The van der Waals surface area contributed by atoms with Crippen LogP contribution in [-0.2, 0) is 9.47 Å². The molecule has 2 aliphatic heterocycles. The van der Waals surface area contributed by atoms with E-state index in [1.807, 2.05) is 0 Å². The number of fused-ring (bicyclic) bond motifs is 2. The predicted molar refractivity (Wildman–Crippen MR) is 65.3 cm³/mol. The molecule has 0 N–H and O–H groups in total. The van der Waals surface area contributed by atoms with Crippen LogP contribution in [0.2, 0.25) is 0 Å². The van der Waals surface area contributed by atoms with E-state index in [1.165, 1.54) is 16.3 Å². The molecule has 0 amide bonds. The lowest BCUT2D eigenvalue weighted by atomic mass is 9.88. The molecule has 2 aromatic carbocycles. The van der Waals surface area contributed by atoms with Crippen LogP contribution in [0.3, 0.4) is 0 Å². The van der Waals surface area contributed by atoms with Crippen molar-refractivity contribution in [2.45, 2.75) is 12.4 Å². The second kappa shape index (κ2) is 3.34. The topological polar surface area (TPSA) is 18.5 Å². The van der Waals surface area contributed by atoms with Gasteiger partial charge in [0.1, 0.15) is 0 Å². The number of benzene rings is 2. The molecule has 4 rings (SSSR count). The van der Waals surface area contributed by atoms with Gasteiger partial charge in [0.15, 0.2) is 0 Å². The highest BCUT2D eigenvalue weighted by molar-refractivity contribution is 5.86. The van der Waals surface area contributed by atoms with Gasteiger partial charge in [0.05, 0.1) is 18.3 Å². The van der Waals surface area contributed by atoms with Crippen molar-refractivity contribution >= 4 is 10.8 Å². The third kappa shape index (κ3) is 1.25. The van der Waals surface area contributed by atoms with E-state index in [0.717, 1.165) is 0 Å². The standard InChI is InChI=1S/C15H12O2/c1-2-6-11-10(4-1)5-3-7-12(11)14-13-8-9-16-15(13)17-14/h1-9,13-15H. The van der Waals surface area contributed by atoms with E-state index in [0.29, 0.717) is 5.92 Å². The first kappa shape index (κ1) is 9.25. The van der Waals surface area contributed by atoms with Crippen LogP contribution in [0.1, 0.15) is 11.7 Å². The van der Waals surface area contributed by atoms with Crippen LogP contribution in [-0.4, -0.2) is 6.29 Å². The van der Waals surface area contributed by atoms with Gasteiger partial charge in [-0.25, -0.2) is 0 Å². The molecular formula is C15H12O2. The van der Waals surface area contributed by atoms with Crippen molar-refractivity contribution in [3.05, 3.63) is 60.4 Å². The molecule has 84 valence electrons. The van der Waals surface area contributed by atoms with Crippen LogP contribution in [0.15, 0.2) is 54.8 Å². The average molecular weight is 224 g/mol. The van der Waals surface area contributed by atoms with Crippen LogP contribution in [0.4, 0.5) is 0 Å². The Labute approximate surface area is 99.5 Å². The minimum Gasteiger partial charge on any atom is -0.472 e. The van der Waals surface area contributed by atoms with Crippen molar-refractivity contribution in [2.24, 2.45) is 5.92 Å². The Hall–Kier alpha value is -1.80. The maximum atomic E-state index is 5.77. The molecule has 2 aromatic rings. The monoisotopic (exact) mass is 224 g/mol. The summed E-state index contributed by atoms with van der Waals surface area (Å²) in [4.78, 5) is 0. The zero-order valence-electron chi connectivity index (χ0n) is 9.24. The number of rotatable bonds is 1. The molecule has 2 nitrogen and oxygen atoms in total. The van der Waals surface area contributed by atoms with Crippen molar-refractivity contribution in [1.29, 1.82) is 0 Å². The summed E-state index contributed by atoms with van der Waals surface area (Å²) >= 11 is 0. The van der Waals surface area contributed by atoms with Crippen LogP contribution >= 0.6 is 0 Å². The van der Waals surface area contributed by atoms with Gasteiger partial charge in [-0.3, -0.25) is 0 Å². The summed E-state index contributed by atoms with van der Waals surface area (Å²) in [7, 11) is 0. The largest absolute Gasteiger partial charge is 0.472 e. The Morgan fingerprint density at radius 1 is 0.941 bits per heavy atom. The molecule has 0 aliphatic carbocycles. The molecular weight excluding hydrogens is 212 g/mol. The van der Waals surface area contributed by atoms with Crippen LogP contribution in [0.5, 0.6) is 0 Å². The van der Waals surface area contributed by atoms with Gasteiger partial charge in [-0.2, -0.15) is 0 Å². The highest BCUT2D eigenvalue weighted by Gasteiger charge is 2.46. The Bertz CT molecular complexity index is 597. The van der Waals surface area contributed by atoms with E-state index in [1.54, 1.807) is 6.26 Å². The maximum absolute atomic E-state index is 5.77. The third-order valence-electron chi connectivity index (χ3n) is 3.59. The van der Waals surface area contributed by atoms with Crippen LogP contribution in [0.25, 0.3) is 10.8 Å². The van der Waals surface area contributed by atoms with Gasteiger partial charge in [0.25, 0.3) is 0 Å². The minimum atomic E-state index is -0.0565. The van der Waals surface area contributed by atoms with Crippen LogP contribution < -0.4 is 0 Å². The lowest BCUT2D eigenvalue weighted by molar-refractivity contribution is -0.257. The predicted octanol–water partition coefficient (Wildman–Crippen LogP) is 3.40. The van der Waals surface area contributed by atoms with E-state index in [9.17, 15) is 0 Å². The molecule has 2 aliphatic rings. The highest BCUT2D eigenvalue weighted by atomic mass is 16.7. The van der Waals surface area contributed by atoms with Crippen molar-refractivity contribution in [2.75, 3.05) is 0 Å². The Balaban J connectivity index is 1.83. The highest BCUT2D eigenvalue weighted by Crippen LogP contribution is 2.46. The van der Waals surface area contributed by atoms with Gasteiger partial charge >= 0.3 is 0 Å². The van der Waals surface area contributed by atoms with Crippen molar-refractivity contribution in [3.63, 3.8) is 0 Å². The molecule has 0 spiro atoms. The summed E-state index contributed by atoms with van der Waals surface area (Å²) in [6.07, 6.45) is 3.94. The molecule has 0 bridgehead atoms. The first-order valence-corrected chi connectivity index (χ1v) is 5.89. The molecule has 1 saturated heterocycles. The van der Waals surface area contributed by atoms with E-state index in [-0.39, 0.29) is 12.4 Å². The fourth-order valence-corrected chi connectivity index (χ4v) is 2.69. The molecule has 0 saturated carbocycles. The molecule has 1 fully saturated rings. The molecule has 2 heteroatoms. The Kier molecular flexibility index (Phi) is 1.82. The molecule has 0 radical (unpaired) electrons. The molecule has 3 atom stereocenters. The van der Waals surface area contributed by atoms with Crippen molar-refractivity contribution in [3.8, 4) is 0 Å². The van der Waals surface area contributed by atoms with Gasteiger partial charge in [0.2, 0.25) is 6.29 Å². The van der Waals surface area contributed by atoms with Gasteiger partial charge in [-0.15, -0.1) is 0 Å². The summed E-state index contributed by atoms with van der Waals surface area (Å²) in [6.45, 7) is 0. The first-order valence-electron chi connectivity index (χ1n) is 5.89. The average Bonchev–Trinajstić information content (AvgIpc) is 2.71. The number of hydrogen-bond acceptors (Lipinski definition) is 2. The normalized spacial score (nSPS) is 29.8. The summed E-state index contributed by atoms with van der Waals surface area (Å²) in [5.41, 5.74) is 1.26. The minimum absolute atomic E-state index is 0.0565. The lowest BCUT2D eigenvalue weighted by Crippen LogP contribution is -2.39. The van der Waals surface area contributed by atoms with Gasteiger partial charge in [-0.1, -0.05) is 42.5 Å². The SMILES string of the molecule is C1=CC2C(O1)OC2c1cccc2ccccc12. The molecule has 0 aromatic heterocycles. The fraction of sp³-hybridized carbons (Fsp3) is 0.200. The molecule has 2 heterocycles. The van der Waals surface area contributed by atoms with Crippen molar-refractivity contribution < 1.29 is 9.47 Å². The van der Waals surface area contributed by atoms with Gasteiger partial charge < -0.3 is 9.47 Å². The van der Waals surface area contributed by atoms with E-state index < -0.39 is 0 Å². The van der Waals surface area contributed by atoms with E-state index in [4.69, 9.17) is 9.47 Å². The van der Waals surface area contributed by atoms with E-state index in [2.05, 4.69) is 48.5 Å². The summed E-state index contributed by atoms with van der Waals surface area (Å²) < 4.78 is 11.1. The summed E-state index contributed by atoms with van der Waals surface area (Å²) in [6, 6.07) is 14.8. The molecule has 17 heavy (non-hydrogen) atoms. The van der Waals surface area contributed by atoms with Gasteiger partial charge in [0, 0.05) is 0 Å². The third-order valence-corrected chi connectivity index (χ3v) is 3.59. The number of ether oxygens (including phenoxy) is 2. The number of hydrogen-bond donors (Lipinski definition) is 0. The van der Waals surface area contributed by atoms with Crippen molar-refractivity contribution in [1.82, 2.24) is 0 Å². The van der Waals surface area contributed by atoms with E-state index >= 15 is 0 Å². The van der Waals surface area contributed by atoms with Crippen LogP contribution in [0, 0.1) is 5.92 Å². The maximum Gasteiger partial charge on any atom is 0.208 e. The Morgan fingerprint density at radius 2 is 1.82 bits per heavy atom. The fourth-order valence-electron chi connectivity index (χ4n) is 2.69.